The van der Waals surface area contributed by atoms with Crippen molar-refractivity contribution in [1.29, 1.82) is 0 Å². The van der Waals surface area contributed by atoms with Crippen molar-refractivity contribution in [2.75, 3.05) is 4.72 Å². The summed E-state index contributed by atoms with van der Waals surface area (Å²) < 4.78 is 96.0. The molecule has 4 rings (SSSR count). The monoisotopic (exact) mass is 485 g/mol. The Morgan fingerprint density at radius 1 is 0.844 bits per heavy atom. The van der Waals surface area contributed by atoms with Gasteiger partial charge in [0.05, 0.1) is 26.7 Å². The SMILES string of the molecule is O=S(=O)(Nc1cc(C(F)(F)F)ccc1-n1cccc1)c1ccc(S(=O)(=O)NC2CC2)cc1. The van der Waals surface area contributed by atoms with Gasteiger partial charge in [-0.2, -0.15) is 13.2 Å². The van der Waals surface area contributed by atoms with Crippen LogP contribution in [-0.2, 0) is 26.2 Å². The number of halogens is 3. The molecule has 0 unspecified atom stereocenters. The molecule has 2 aromatic carbocycles. The molecule has 0 atom stereocenters. The quantitative estimate of drug-likeness (QED) is 0.533. The highest BCUT2D eigenvalue weighted by molar-refractivity contribution is 7.92. The van der Waals surface area contributed by atoms with E-state index >= 15 is 0 Å². The summed E-state index contributed by atoms with van der Waals surface area (Å²) in [5, 5.41) is 0. The zero-order valence-corrected chi connectivity index (χ0v) is 18.0. The molecule has 1 saturated carbocycles. The van der Waals surface area contributed by atoms with Crippen LogP contribution in [0, 0.1) is 0 Å². The first kappa shape index (κ1) is 22.4. The summed E-state index contributed by atoms with van der Waals surface area (Å²) in [5.41, 5.74) is -1.10. The number of sulfonamides is 2. The number of aromatic nitrogens is 1. The maximum absolute atomic E-state index is 13.2. The molecule has 0 spiro atoms. The minimum absolute atomic E-state index is 0.101. The van der Waals surface area contributed by atoms with Crippen molar-refractivity contribution in [2.24, 2.45) is 0 Å². The van der Waals surface area contributed by atoms with E-state index < -0.39 is 31.8 Å². The Balaban J connectivity index is 1.67. The van der Waals surface area contributed by atoms with Gasteiger partial charge < -0.3 is 4.57 Å². The normalized spacial score (nSPS) is 15.0. The maximum atomic E-state index is 13.2. The predicted molar refractivity (Wildman–Crippen MR) is 111 cm³/mol. The van der Waals surface area contributed by atoms with E-state index in [1.807, 2.05) is 0 Å². The molecule has 12 heteroatoms. The Morgan fingerprint density at radius 2 is 1.41 bits per heavy atom. The summed E-state index contributed by atoms with van der Waals surface area (Å²) in [6.45, 7) is 0. The van der Waals surface area contributed by atoms with Gasteiger partial charge in [0.2, 0.25) is 10.0 Å². The molecule has 0 amide bonds. The molecule has 1 aliphatic carbocycles. The third kappa shape index (κ3) is 4.81. The van der Waals surface area contributed by atoms with E-state index in [9.17, 15) is 30.0 Å². The number of hydrogen-bond acceptors (Lipinski definition) is 4. The Morgan fingerprint density at radius 3 is 1.94 bits per heavy atom. The largest absolute Gasteiger partial charge is 0.416 e. The van der Waals surface area contributed by atoms with Crippen LogP contribution >= 0.6 is 0 Å². The molecule has 0 radical (unpaired) electrons. The lowest BCUT2D eigenvalue weighted by Crippen LogP contribution is -2.25. The van der Waals surface area contributed by atoms with Crippen LogP contribution in [0.25, 0.3) is 5.69 Å². The minimum Gasteiger partial charge on any atom is -0.322 e. The average molecular weight is 486 g/mol. The summed E-state index contributed by atoms with van der Waals surface area (Å²) in [6, 6.07) is 10.4. The number of alkyl halides is 3. The molecule has 1 heterocycles. The van der Waals surface area contributed by atoms with E-state index in [2.05, 4.69) is 9.44 Å². The Kier molecular flexibility index (Phi) is 5.55. The van der Waals surface area contributed by atoms with Crippen molar-refractivity contribution < 1.29 is 30.0 Å². The molecule has 170 valence electrons. The van der Waals surface area contributed by atoms with Crippen molar-refractivity contribution in [3.05, 3.63) is 72.6 Å². The lowest BCUT2D eigenvalue weighted by Gasteiger charge is -2.16. The van der Waals surface area contributed by atoms with Gasteiger partial charge in [-0.05, 0) is 67.4 Å². The molecular formula is C20H18F3N3O4S2. The van der Waals surface area contributed by atoms with Crippen LogP contribution in [0.15, 0.2) is 76.8 Å². The first-order valence-corrected chi connectivity index (χ1v) is 12.4. The molecule has 0 saturated heterocycles. The van der Waals surface area contributed by atoms with E-state index in [0.717, 1.165) is 43.2 Å². The van der Waals surface area contributed by atoms with Crippen LogP contribution in [0.4, 0.5) is 18.9 Å². The van der Waals surface area contributed by atoms with Gasteiger partial charge in [-0.25, -0.2) is 21.6 Å². The predicted octanol–water partition coefficient (Wildman–Crippen LogP) is 3.74. The van der Waals surface area contributed by atoms with Crippen LogP contribution in [0.1, 0.15) is 18.4 Å². The van der Waals surface area contributed by atoms with Gasteiger partial charge in [0, 0.05) is 18.4 Å². The molecule has 2 N–H and O–H groups in total. The van der Waals surface area contributed by atoms with E-state index in [-0.39, 0.29) is 27.2 Å². The van der Waals surface area contributed by atoms with E-state index in [1.165, 1.54) is 10.6 Å². The summed E-state index contributed by atoms with van der Waals surface area (Å²) in [7, 11) is -8.08. The molecule has 1 aliphatic rings. The highest BCUT2D eigenvalue weighted by Gasteiger charge is 2.32. The van der Waals surface area contributed by atoms with Crippen molar-refractivity contribution >= 4 is 25.7 Å². The van der Waals surface area contributed by atoms with E-state index in [4.69, 9.17) is 0 Å². The minimum atomic E-state index is -4.67. The smallest absolute Gasteiger partial charge is 0.322 e. The molecule has 0 aliphatic heterocycles. The zero-order chi connectivity index (χ0) is 23.1. The van der Waals surface area contributed by atoms with Crippen molar-refractivity contribution in [3.8, 4) is 5.69 Å². The number of anilines is 1. The Labute approximate surface area is 183 Å². The second-order valence-electron chi connectivity index (χ2n) is 7.29. The Hall–Kier alpha value is -2.83. The fourth-order valence-corrected chi connectivity index (χ4v) is 5.37. The van der Waals surface area contributed by atoms with Gasteiger partial charge in [-0.3, -0.25) is 4.72 Å². The van der Waals surface area contributed by atoms with Crippen molar-refractivity contribution in [1.82, 2.24) is 9.29 Å². The number of nitrogens with zero attached hydrogens (tertiary/aromatic N) is 1. The number of rotatable bonds is 7. The number of nitrogens with one attached hydrogen (secondary N) is 2. The standard InChI is InChI=1S/C20H18F3N3O4S2/c21-20(22,23)14-3-10-19(26-11-1-2-12-26)18(13-14)25-32(29,30)17-8-6-16(7-9-17)31(27,28)24-15-4-5-15/h1-3,6-13,15,24-25H,4-5H2. The van der Waals surface area contributed by atoms with Gasteiger partial charge in [0.15, 0.2) is 0 Å². The highest BCUT2D eigenvalue weighted by Crippen LogP contribution is 2.34. The molecule has 1 aromatic heterocycles. The van der Waals surface area contributed by atoms with Gasteiger partial charge >= 0.3 is 6.18 Å². The molecule has 32 heavy (non-hydrogen) atoms. The summed E-state index contributed by atoms with van der Waals surface area (Å²) in [5.74, 6) is 0. The Bertz CT molecular complexity index is 1330. The molecule has 7 nitrogen and oxygen atoms in total. The number of benzene rings is 2. The second kappa shape index (κ2) is 7.94. The third-order valence-corrected chi connectivity index (χ3v) is 7.71. The van der Waals surface area contributed by atoms with Crippen molar-refractivity contribution in [2.45, 2.75) is 34.9 Å². The van der Waals surface area contributed by atoms with Crippen LogP contribution in [0.2, 0.25) is 0 Å². The topological polar surface area (TPSA) is 97.3 Å². The van der Waals surface area contributed by atoms with Crippen LogP contribution in [-0.4, -0.2) is 27.4 Å². The van der Waals surface area contributed by atoms with Gasteiger partial charge in [-0.1, -0.05) is 0 Å². The number of hydrogen-bond donors (Lipinski definition) is 2. The highest BCUT2D eigenvalue weighted by atomic mass is 32.2. The molecule has 0 bridgehead atoms. The first-order chi connectivity index (χ1) is 15.0. The lowest BCUT2D eigenvalue weighted by atomic mass is 10.1. The van der Waals surface area contributed by atoms with E-state index in [0.29, 0.717) is 6.07 Å². The summed E-state index contributed by atoms with van der Waals surface area (Å²) in [4.78, 5) is -0.394. The summed E-state index contributed by atoms with van der Waals surface area (Å²) in [6.07, 6.45) is -0.0491. The fourth-order valence-electron chi connectivity index (χ4n) is 3.00. The first-order valence-electron chi connectivity index (χ1n) is 9.45. The van der Waals surface area contributed by atoms with Crippen LogP contribution in [0.5, 0.6) is 0 Å². The zero-order valence-electron chi connectivity index (χ0n) is 16.4. The van der Waals surface area contributed by atoms with E-state index in [1.54, 1.807) is 24.5 Å². The molecular weight excluding hydrogens is 467 g/mol. The molecule has 3 aromatic rings. The van der Waals surface area contributed by atoms with Crippen molar-refractivity contribution in [3.63, 3.8) is 0 Å². The molecule has 1 fully saturated rings. The third-order valence-electron chi connectivity index (χ3n) is 4.79. The van der Waals surface area contributed by atoms with Gasteiger partial charge in [-0.15, -0.1) is 0 Å². The van der Waals surface area contributed by atoms with Crippen LogP contribution in [0.3, 0.4) is 0 Å². The lowest BCUT2D eigenvalue weighted by molar-refractivity contribution is -0.137. The fraction of sp³-hybridized carbons (Fsp3) is 0.200. The maximum Gasteiger partial charge on any atom is 0.416 e. The van der Waals surface area contributed by atoms with Gasteiger partial charge in [0.1, 0.15) is 0 Å². The van der Waals surface area contributed by atoms with Gasteiger partial charge in [0.25, 0.3) is 10.0 Å². The second-order valence-corrected chi connectivity index (χ2v) is 10.7. The van der Waals surface area contributed by atoms with Crippen LogP contribution < -0.4 is 9.44 Å². The average Bonchev–Trinajstić information content (AvgIpc) is 3.35. The summed E-state index contributed by atoms with van der Waals surface area (Å²) >= 11 is 0.